The molecule has 33 heavy (non-hydrogen) atoms. The summed E-state index contributed by atoms with van der Waals surface area (Å²) in [6.45, 7) is 17.1. The van der Waals surface area contributed by atoms with Gasteiger partial charge in [-0.1, -0.05) is 76.6 Å². The Kier molecular flexibility index (Phi) is 11.1. The fourth-order valence-electron chi connectivity index (χ4n) is 4.88. The minimum atomic E-state index is -0.0261. The van der Waals surface area contributed by atoms with Crippen LogP contribution in [0.1, 0.15) is 86.1 Å². The predicted molar refractivity (Wildman–Crippen MR) is 142 cm³/mol. The molecule has 2 unspecified atom stereocenters. The van der Waals surface area contributed by atoms with Crippen LogP contribution in [0.25, 0.3) is 0 Å². The average molecular weight is 451 g/mol. The number of nitrogens with one attached hydrogen (secondary N) is 1. The van der Waals surface area contributed by atoms with Gasteiger partial charge in [-0.3, -0.25) is 4.79 Å². The SMILES string of the molecule is CC/C=C(/C=C(C(=O)C(C)C)\C(CC)=C(/C)C(CC)NCc1ccccc1)N1CCCC1C. The fourth-order valence-corrected chi connectivity index (χ4v) is 4.88. The molecule has 1 heterocycles. The summed E-state index contributed by atoms with van der Waals surface area (Å²) in [7, 11) is 0. The van der Waals surface area contributed by atoms with Crippen molar-refractivity contribution in [1.29, 1.82) is 0 Å². The summed E-state index contributed by atoms with van der Waals surface area (Å²) in [6, 6.07) is 11.3. The van der Waals surface area contributed by atoms with E-state index in [1.54, 1.807) is 0 Å². The summed E-state index contributed by atoms with van der Waals surface area (Å²) >= 11 is 0. The van der Waals surface area contributed by atoms with E-state index in [1.807, 2.05) is 13.8 Å². The lowest BCUT2D eigenvalue weighted by Gasteiger charge is -2.27. The van der Waals surface area contributed by atoms with Crippen LogP contribution in [-0.4, -0.2) is 29.3 Å². The van der Waals surface area contributed by atoms with Crippen LogP contribution in [0.3, 0.4) is 0 Å². The van der Waals surface area contributed by atoms with Crippen molar-refractivity contribution in [3.8, 4) is 0 Å². The molecule has 3 heteroatoms. The minimum Gasteiger partial charge on any atom is -0.369 e. The molecule has 0 radical (unpaired) electrons. The Hall–Kier alpha value is -2.13. The van der Waals surface area contributed by atoms with Gasteiger partial charge in [0.2, 0.25) is 0 Å². The number of hydrogen-bond acceptors (Lipinski definition) is 3. The Morgan fingerprint density at radius 3 is 2.39 bits per heavy atom. The van der Waals surface area contributed by atoms with Crippen LogP contribution in [0.15, 0.2) is 64.9 Å². The second kappa shape index (κ2) is 13.5. The Balaban J connectivity index is 2.47. The molecule has 1 aromatic carbocycles. The summed E-state index contributed by atoms with van der Waals surface area (Å²) in [5.74, 6) is 0.222. The first-order chi connectivity index (χ1) is 15.8. The quantitative estimate of drug-likeness (QED) is 0.270. The van der Waals surface area contributed by atoms with Crippen molar-refractivity contribution < 1.29 is 4.79 Å². The van der Waals surface area contributed by atoms with Gasteiger partial charge in [0.1, 0.15) is 0 Å². The van der Waals surface area contributed by atoms with Crippen molar-refractivity contribution in [2.24, 2.45) is 5.92 Å². The van der Waals surface area contributed by atoms with Gasteiger partial charge in [0, 0.05) is 42.4 Å². The Morgan fingerprint density at radius 1 is 1.18 bits per heavy atom. The third kappa shape index (κ3) is 7.43. The second-order valence-corrected chi connectivity index (χ2v) is 9.64. The third-order valence-corrected chi connectivity index (χ3v) is 6.86. The molecule has 1 saturated heterocycles. The summed E-state index contributed by atoms with van der Waals surface area (Å²) in [6.07, 6.45) is 9.77. The maximum absolute atomic E-state index is 13.5. The molecule has 0 aliphatic carbocycles. The van der Waals surface area contributed by atoms with Gasteiger partial charge in [-0.15, -0.1) is 0 Å². The minimum absolute atomic E-state index is 0.0261. The lowest BCUT2D eigenvalue weighted by atomic mass is 9.86. The Morgan fingerprint density at radius 2 is 1.88 bits per heavy atom. The van der Waals surface area contributed by atoms with E-state index in [0.717, 1.165) is 37.9 Å². The van der Waals surface area contributed by atoms with E-state index >= 15 is 0 Å². The zero-order chi connectivity index (χ0) is 24.4. The molecule has 1 aromatic rings. The maximum Gasteiger partial charge on any atom is 0.165 e. The number of allylic oxidation sites excluding steroid dienone is 4. The first-order valence-corrected chi connectivity index (χ1v) is 13.0. The molecule has 0 amide bonds. The van der Waals surface area contributed by atoms with E-state index in [0.29, 0.717) is 6.04 Å². The van der Waals surface area contributed by atoms with Crippen molar-refractivity contribution in [2.45, 2.75) is 99.2 Å². The first kappa shape index (κ1) is 27.1. The van der Waals surface area contributed by atoms with Crippen molar-refractivity contribution in [1.82, 2.24) is 10.2 Å². The van der Waals surface area contributed by atoms with E-state index in [9.17, 15) is 4.79 Å². The lowest BCUT2D eigenvalue weighted by molar-refractivity contribution is -0.118. The van der Waals surface area contributed by atoms with Gasteiger partial charge in [0.15, 0.2) is 5.78 Å². The summed E-state index contributed by atoms with van der Waals surface area (Å²) in [5, 5.41) is 3.74. The predicted octanol–water partition coefficient (Wildman–Crippen LogP) is 7.21. The van der Waals surface area contributed by atoms with Gasteiger partial charge >= 0.3 is 0 Å². The Bertz CT molecular complexity index is 847. The molecule has 182 valence electrons. The lowest BCUT2D eigenvalue weighted by Crippen LogP contribution is -2.31. The highest BCUT2D eigenvalue weighted by Crippen LogP contribution is 2.30. The number of nitrogens with zero attached hydrogens (tertiary/aromatic N) is 1. The number of rotatable bonds is 12. The van der Waals surface area contributed by atoms with Crippen LogP contribution < -0.4 is 5.32 Å². The van der Waals surface area contributed by atoms with Crippen molar-refractivity contribution in [3.63, 3.8) is 0 Å². The number of carbonyl (C=O) groups is 1. The Labute approximate surface area is 203 Å². The molecule has 1 fully saturated rings. The number of likely N-dealkylation sites (tertiary alicyclic amines) is 1. The monoisotopic (exact) mass is 450 g/mol. The van der Waals surface area contributed by atoms with Gasteiger partial charge in [-0.2, -0.15) is 0 Å². The molecule has 0 spiro atoms. The van der Waals surface area contributed by atoms with Crippen LogP contribution in [0.4, 0.5) is 0 Å². The number of Topliss-reactive ketones (excluding diaryl/α,β-unsaturated/α-hetero) is 1. The van der Waals surface area contributed by atoms with Crippen LogP contribution >= 0.6 is 0 Å². The van der Waals surface area contributed by atoms with Crippen molar-refractivity contribution in [3.05, 3.63) is 70.5 Å². The number of carbonyl (C=O) groups excluding carboxylic acids is 1. The van der Waals surface area contributed by atoms with Crippen molar-refractivity contribution >= 4 is 5.78 Å². The second-order valence-electron chi connectivity index (χ2n) is 9.64. The highest BCUT2D eigenvalue weighted by molar-refractivity contribution is 6.01. The van der Waals surface area contributed by atoms with Gasteiger partial charge < -0.3 is 10.2 Å². The molecule has 0 saturated carbocycles. The van der Waals surface area contributed by atoms with Crippen LogP contribution in [0.5, 0.6) is 0 Å². The van der Waals surface area contributed by atoms with E-state index in [2.05, 4.69) is 87.3 Å². The third-order valence-electron chi connectivity index (χ3n) is 6.86. The molecule has 1 aliphatic rings. The van der Waals surface area contributed by atoms with Gasteiger partial charge in [-0.25, -0.2) is 0 Å². The standard InChI is InChI=1S/C30H46N2O/c1-8-15-26(32-19-14-16-23(32)6)20-28(30(33)22(4)5)27(9-2)24(7)29(10-3)31-21-25-17-12-11-13-18-25/h11-13,15,17-18,20,22-23,29,31H,8-10,14,16,19,21H2,1-7H3/b26-15-,27-24+,28-20+. The first-order valence-electron chi connectivity index (χ1n) is 13.0. The van der Waals surface area contributed by atoms with Crippen LogP contribution in [0, 0.1) is 5.92 Å². The molecular formula is C30H46N2O. The normalized spacial score (nSPS) is 19.2. The number of hydrogen-bond donors (Lipinski definition) is 1. The smallest absolute Gasteiger partial charge is 0.165 e. The molecule has 0 bridgehead atoms. The average Bonchev–Trinajstić information content (AvgIpc) is 3.24. The van der Waals surface area contributed by atoms with E-state index in [-0.39, 0.29) is 17.7 Å². The molecule has 0 aromatic heterocycles. The van der Waals surface area contributed by atoms with Gasteiger partial charge in [0.05, 0.1) is 0 Å². The van der Waals surface area contributed by atoms with Crippen LogP contribution in [0.2, 0.25) is 0 Å². The van der Waals surface area contributed by atoms with E-state index < -0.39 is 0 Å². The van der Waals surface area contributed by atoms with Gasteiger partial charge in [0.25, 0.3) is 0 Å². The van der Waals surface area contributed by atoms with E-state index in [1.165, 1.54) is 35.2 Å². The molecule has 2 rings (SSSR count). The summed E-state index contributed by atoms with van der Waals surface area (Å²) in [5.41, 5.74) is 5.91. The molecule has 2 atom stereocenters. The zero-order valence-corrected chi connectivity index (χ0v) is 22.1. The highest BCUT2D eigenvalue weighted by atomic mass is 16.1. The van der Waals surface area contributed by atoms with Gasteiger partial charge in [-0.05, 0) is 63.2 Å². The van der Waals surface area contributed by atoms with Crippen LogP contribution in [-0.2, 0) is 11.3 Å². The fraction of sp³-hybridized carbons (Fsp3) is 0.567. The maximum atomic E-state index is 13.5. The topological polar surface area (TPSA) is 32.3 Å². The zero-order valence-electron chi connectivity index (χ0n) is 22.1. The molecule has 3 nitrogen and oxygen atoms in total. The number of benzene rings is 1. The van der Waals surface area contributed by atoms with E-state index in [4.69, 9.17) is 0 Å². The summed E-state index contributed by atoms with van der Waals surface area (Å²) in [4.78, 5) is 16.0. The molecular weight excluding hydrogens is 404 g/mol. The highest BCUT2D eigenvalue weighted by Gasteiger charge is 2.25. The number of ketones is 1. The van der Waals surface area contributed by atoms with Crippen molar-refractivity contribution in [2.75, 3.05) is 6.54 Å². The molecule has 1 N–H and O–H groups in total. The molecule has 1 aliphatic heterocycles. The largest absolute Gasteiger partial charge is 0.369 e. The summed E-state index contributed by atoms with van der Waals surface area (Å²) < 4.78 is 0.